The quantitative estimate of drug-likeness (QED) is 0.690. The molecule has 1 rings (SSSR count). The number of likely N-dealkylation sites (N-methyl/N-ethyl adjacent to an activating group) is 1. The number of hydrogen-bond donors (Lipinski definition) is 1. The molecule has 19 heavy (non-hydrogen) atoms. The normalized spacial score (nSPS) is 23.6. The fraction of sp³-hybridized carbons (Fsp3) is 0.929. The molecule has 0 aromatic rings. The van der Waals surface area contributed by atoms with E-state index in [1.807, 2.05) is 0 Å². The maximum atomic E-state index is 11.7. The molecular weight excluding hydrogens is 242 g/mol. The summed E-state index contributed by atoms with van der Waals surface area (Å²) in [6.07, 6.45) is 2.84. The molecule has 0 aromatic carbocycles. The first-order valence-corrected chi connectivity index (χ1v) is 7.21. The van der Waals surface area contributed by atoms with E-state index in [4.69, 9.17) is 10.5 Å². The van der Waals surface area contributed by atoms with Crippen molar-refractivity contribution >= 4 is 5.97 Å². The van der Waals surface area contributed by atoms with Gasteiger partial charge in [0.1, 0.15) is 5.54 Å². The molecule has 112 valence electrons. The zero-order valence-electron chi connectivity index (χ0n) is 12.8. The third-order valence-electron chi connectivity index (χ3n) is 3.89. The summed E-state index contributed by atoms with van der Waals surface area (Å²) in [5.41, 5.74) is 5.15. The maximum absolute atomic E-state index is 11.7. The van der Waals surface area contributed by atoms with Crippen LogP contribution in [0.1, 0.15) is 33.1 Å². The van der Waals surface area contributed by atoms with Gasteiger partial charge in [-0.2, -0.15) is 0 Å². The van der Waals surface area contributed by atoms with Crippen LogP contribution in [-0.4, -0.2) is 67.7 Å². The molecule has 0 spiro atoms. The van der Waals surface area contributed by atoms with Crippen LogP contribution in [0.25, 0.3) is 0 Å². The minimum absolute atomic E-state index is 0.289. The number of hydrogen-bond acceptors (Lipinski definition) is 5. The van der Waals surface area contributed by atoms with Crippen molar-refractivity contribution in [3.63, 3.8) is 0 Å². The minimum atomic E-state index is -0.851. The predicted molar refractivity (Wildman–Crippen MR) is 77.0 cm³/mol. The fourth-order valence-electron chi connectivity index (χ4n) is 2.50. The number of likely N-dealkylation sites (tertiary alicyclic amines) is 1. The monoisotopic (exact) mass is 271 g/mol. The lowest BCUT2D eigenvalue weighted by Gasteiger charge is -2.24. The molecule has 1 fully saturated rings. The van der Waals surface area contributed by atoms with E-state index in [0.717, 1.165) is 26.1 Å². The van der Waals surface area contributed by atoms with Crippen LogP contribution >= 0.6 is 0 Å². The van der Waals surface area contributed by atoms with Crippen molar-refractivity contribution in [3.05, 3.63) is 0 Å². The molecule has 2 unspecified atom stereocenters. The highest BCUT2D eigenvalue weighted by atomic mass is 16.5. The summed E-state index contributed by atoms with van der Waals surface area (Å²) in [6, 6.07) is 0.661. The summed E-state index contributed by atoms with van der Waals surface area (Å²) in [5, 5.41) is 0. The Kier molecular flexibility index (Phi) is 6.23. The van der Waals surface area contributed by atoms with Gasteiger partial charge in [-0.25, -0.2) is 0 Å². The molecule has 1 saturated heterocycles. The average Bonchev–Trinajstić information content (AvgIpc) is 2.78. The summed E-state index contributed by atoms with van der Waals surface area (Å²) in [6.45, 7) is 7.23. The van der Waals surface area contributed by atoms with Crippen molar-refractivity contribution < 1.29 is 9.53 Å². The highest BCUT2D eigenvalue weighted by Gasteiger charge is 2.30. The zero-order chi connectivity index (χ0) is 14.5. The van der Waals surface area contributed by atoms with E-state index in [-0.39, 0.29) is 5.97 Å². The summed E-state index contributed by atoms with van der Waals surface area (Å²) in [5.74, 6) is -0.289. The van der Waals surface area contributed by atoms with E-state index in [1.54, 1.807) is 13.8 Å². The van der Waals surface area contributed by atoms with Gasteiger partial charge in [0.2, 0.25) is 0 Å². The lowest BCUT2D eigenvalue weighted by Crippen LogP contribution is -2.46. The Bertz CT molecular complexity index is 292. The van der Waals surface area contributed by atoms with Crippen LogP contribution in [0.4, 0.5) is 0 Å². The van der Waals surface area contributed by atoms with Crippen LogP contribution in [-0.2, 0) is 9.53 Å². The third kappa shape index (κ3) is 5.09. The average molecular weight is 271 g/mol. The summed E-state index contributed by atoms with van der Waals surface area (Å²) in [7, 11) is 4.26. The number of esters is 1. The first-order chi connectivity index (χ1) is 8.86. The van der Waals surface area contributed by atoms with E-state index in [9.17, 15) is 4.79 Å². The number of nitrogens with two attached hydrogens (primary N) is 1. The van der Waals surface area contributed by atoms with Crippen molar-refractivity contribution in [1.29, 1.82) is 0 Å². The maximum Gasteiger partial charge on any atom is 0.325 e. The van der Waals surface area contributed by atoms with E-state index in [0.29, 0.717) is 19.1 Å². The Morgan fingerprint density at radius 2 is 2.21 bits per heavy atom. The second-order valence-corrected chi connectivity index (χ2v) is 5.95. The molecule has 0 bridgehead atoms. The Morgan fingerprint density at radius 3 is 2.74 bits per heavy atom. The molecule has 1 aliphatic rings. The van der Waals surface area contributed by atoms with Crippen molar-refractivity contribution in [2.75, 3.05) is 40.3 Å². The molecular formula is C14H29N3O2. The summed E-state index contributed by atoms with van der Waals surface area (Å²) in [4.78, 5) is 16.4. The van der Waals surface area contributed by atoms with Gasteiger partial charge >= 0.3 is 5.97 Å². The van der Waals surface area contributed by atoms with Gasteiger partial charge < -0.3 is 20.3 Å². The second-order valence-electron chi connectivity index (χ2n) is 5.95. The molecule has 2 N–H and O–H groups in total. The Balaban J connectivity index is 2.25. The Morgan fingerprint density at radius 1 is 1.53 bits per heavy atom. The number of nitrogens with zero attached hydrogens (tertiary/aromatic N) is 2. The third-order valence-corrected chi connectivity index (χ3v) is 3.89. The number of carbonyl (C=O) groups excluding carboxylic acids is 1. The van der Waals surface area contributed by atoms with Gasteiger partial charge in [-0.15, -0.1) is 0 Å². The van der Waals surface area contributed by atoms with Gasteiger partial charge in [-0.3, -0.25) is 4.79 Å². The Labute approximate surface area is 117 Å². The molecule has 5 nitrogen and oxygen atoms in total. The van der Waals surface area contributed by atoms with Gasteiger partial charge in [0.25, 0.3) is 0 Å². The van der Waals surface area contributed by atoms with E-state index in [2.05, 4.69) is 23.9 Å². The van der Waals surface area contributed by atoms with Crippen molar-refractivity contribution in [3.8, 4) is 0 Å². The Hall–Kier alpha value is -0.650. The van der Waals surface area contributed by atoms with Gasteiger partial charge in [0, 0.05) is 12.6 Å². The van der Waals surface area contributed by atoms with Crippen LogP contribution in [0.2, 0.25) is 0 Å². The van der Waals surface area contributed by atoms with Crippen LogP contribution < -0.4 is 5.73 Å². The second kappa shape index (κ2) is 7.22. The lowest BCUT2D eigenvalue weighted by atomic mass is 9.97. The SMILES string of the molecule is CCOC(=O)C(C)(N)CCCN1CCC(N(C)C)C1. The number of rotatable bonds is 7. The molecule has 0 amide bonds. The minimum Gasteiger partial charge on any atom is -0.465 e. The van der Waals surface area contributed by atoms with Crippen LogP contribution in [0.15, 0.2) is 0 Å². The van der Waals surface area contributed by atoms with Crippen LogP contribution in [0.5, 0.6) is 0 Å². The standard InChI is InChI=1S/C14H29N3O2/c1-5-19-13(18)14(2,15)8-6-9-17-10-7-12(11-17)16(3)4/h12H,5-11,15H2,1-4H3. The molecule has 0 saturated carbocycles. The lowest BCUT2D eigenvalue weighted by molar-refractivity contribution is -0.149. The van der Waals surface area contributed by atoms with Gasteiger partial charge in [0.15, 0.2) is 0 Å². The van der Waals surface area contributed by atoms with Crippen molar-refractivity contribution in [2.24, 2.45) is 5.73 Å². The number of ether oxygens (including phenoxy) is 1. The van der Waals surface area contributed by atoms with E-state index < -0.39 is 5.54 Å². The fourth-order valence-corrected chi connectivity index (χ4v) is 2.50. The molecule has 5 heteroatoms. The largest absolute Gasteiger partial charge is 0.465 e. The van der Waals surface area contributed by atoms with Gasteiger partial charge in [-0.1, -0.05) is 0 Å². The molecule has 0 radical (unpaired) electrons. The highest BCUT2D eigenvalue weighted by molar-refractivity contribution is 5.79. The van der Waals surface area contributed by atoms with Crippen LogP contribution in [0.3, 0.4) is 0 Å². The van der Waals surface area contributed by atoms with E-state index in [1.165, 1.54) is 6.42 Å². The topological polar surface area (TPSA) is 58.8 Å². The van der Waals surface area contributed by atoms with E-state index >= 15 is 0 Å². The predicted octanol–water partition coefficient (Wildman–Crippen LogP) is 0.683. The first kappa shape index (κ1) is 16.4. The van der Waals surface area contributed by atoms with Gasteiger partial charge in [-0.05, 0) is 60.3 Å². The van der Waals surface area contributed by atoms with Crippen molar-refractivity contribution in [1.82, 2.24) is 9.80 Å². The summed E-state index contributed by atoms with van der Waals surface area (Å²) >= 11 is 0. The highest BCUT2D eigenvalue weighted by Crippen LogP contribution is 2.16. The number of carbonyl (C=O) groups is 1. The van der Waals surface area contributed by atoms with Crippen LogP contribution in [0, 0.1) is 0 Å². The summed E-state index contributed by atoms with van der Waals surface area (Å²) < 4.78 is 4.99. The molecule has 1 heterocycles. The first-order valence-electron chi connectivity index (χ1n) is 7.21. The molecule has 0 aliphatic carbocycles. The van der Waals surface area contributed by atoms with Crippen molar-refractivity contribution in [2.45, 2.75) is 44.7 Å². The smallest absolute Gasteiger partial charge is 0.325 e. The molecule has 0 aromatic heterocycles. The molecule has 2 atom stereocenters. The molecule has 1 aliphatic heterocycles. The zero-order valence-corrected chi connectivity index (χ0v) is 12.8. The van der Waals surface area contributed by atoms with Gasteiger partial charge in [0.05, 0.1) is 6.61 Å².